The molecule has 10 heteroatoms. The number of nitrogens with one attached hydrogen (secondary N) is 1. The molecule has 1 aliphatic rings. The van der Waals surface area contributed by atoms with E-state index in [1.807, 2.05) is 94.4 Å². The lowest BCUT2D eigenvalue weighted by atomic mass is 10.1. The second-order valence-electron chi connectivity index (χ2n) is 11.4. The SMILES string of the molecule is CN(C)c1cccc(C(=O)Nc2cccc(-c3nc4nc(CN5CCN(C(=O)OC(C)(C)C)CC5)ccc4o3)c2)c1. The van der Waals surface area contributed by atoms with Crippen molar-refractivity contribution >= 4 is 34.6 Å². The Hall–Kier alpha value is -4.44. The van der Waals surface area contributed by atoms with Crippen LogP contribution >= 0.6 is 0 Å². The van der Waals surface area contributed by atoms with Gasteiger partial charge in [0, 0.05) is 69.3 Å². The van der Waals surface area contributed by atoms with E-state index in [1.54, 1.807) is 11.0 Å². The van der Waals surface area contributed by atoms with Gasteiger partial charge in [-0.15, -0.1) is 0 Å². The van der Waals surface area contributed by atoms with Crippen molar-refractivity contribution in [3.63, 3.8) is 0 Å². The molecule has 3 heterocycles. The van der Waals surface area contributed by atoms with Gasteiger partial charge in [-0.25, -0.2) is 9.78 Å². The van der Waals surface area contributed by atoms with E-state index in [-0.39, 0.29) is 12.0 Å². The van der Waals surface area contributed by atoms with Gasteiger partial charge in [0.1, 0.15) is 5.60 Å². The molecule has 1 aliphatic heterocycles. The van der Waals surface area contributed by atoms with Gasteiger partial charge in [0.05, 0.1) is 5.69 Å². The van der Waals surface area contributed by atoms with Crippen LogP contribution in [0.1, 0.15) is 36.8 Å². The van der Waals surface area contributed by atoms with Crippen LogP contribution in [0.3, 0.4) is 0 Å². The third kappa shape index (κ3) is 7.01. The van der Waals surface area contributed by atoms with Crippen LogP contribution in [-0.4, -0.2) is 77.6 Å². The maximum Gasteiger partial charge on any atom is 0.410 e. The molecule has 214 valence electrons. The predicted octanol–water partition coefficient (Wildman–Crippen LogP) is 5.26. The minimum Gasteiger partial charge on any atom is -0.444 e. The highest BCUT2D eigenvalue weighted by molar-refractivity contribution is 6.05. The highest BCUT2D eigenvalue weighted by Gasteiger charge is 2.26. The Labute approximate surface area is 239 Å². The first-order valence-corrected chi connectivity index (χ1v) is 13.7. The van der Waals surface area contributed by atoms with Gasteiger partial charge in [0.15, 0.2) is 11.2 Å². The second kappa shape index (κ2) is 11.6. The van der Waals surface area contributed by atoms with Crippen LogP contribution in [-0.2, 0) is 11.3 Å². The number of nitrogens with zero attached hydrogens (tertiary/aromatic N) is 5. The second-order valence-corrected chi connectivity index (χ2v) is 11.4. The molecule has 0 spiro atoms. The molecule has 1 fully saturated rings. The lowest BCUT2D eigenvalue weighted by Crippen LogP contribution is -2.49. The summed E-state index contributed by atoms with van der Waals surface area (Å²) in [5.74, 6) is 0.239. The van der Waals surface area contributed by atoms with E-state index in [0.717, 1.165) is 30.0 Å². The third-order valence-electron chi connectivity index (χ3n) is 6.71. The van der Waals surface area contributed by atoms with Gasteiger partial charge in [-0.05, 0) is 69.3 Å². The predicted molar refractivity (Wildman–Crippen MR) is 159 cm³/mol. The molecular weight excluding hydrogens is 520 g/mol. The first-order chi connectivity index (χ1) is 19.5. The van der Waals surface area contributed by atoms with Crippen LogP contribution in [0.4, 0.5) is 16.2 Å². The van der Waals surface area contributed by atoms with Gasteiger partial charge in [0.25, 0.3) is 5.91 Å². The number of piperazine rings is 1. The van der Waals surface area contributed by atoms with E-state index >= 15 is 0 Å². The number of anilines is 2. The molecule has 0 aliphatic carbocycles. The van der Waals surface area contributed by atoms with Crippen molar-refractivity contribution < 1.29 is 18.7 Å². The molecule has 0 radical (unpaired) electrons. The first kappa shape index (κ1) is 28.1. The number of benzene rings is 2. The molecular formula is C31H36N6O4. The summed E-state index contributed by atoms with van der Waals surface area (Å²) in [6, 6.07) is 18.7. The number of fused-ring (bicyclic) bond motifs is 1. The van der Waals surface area contributed by atoms with Crippen molar-refractivity contribution in [2.24, 2.45) is 0 Å². The fourth-order valence-electron chi connectivity index (χ4n) is 4.57. The fourth-order valence-corrected chi connectivity index (χ4v) is 4.57. The van der Waals surface area contributed by atoms with Crippen LogP contribution in [0, 0.1) is 0 Å². The normalized spacial score (nSPS) is 14.2. The maximum atomic E-state index is 12.9. The lowest BCUT2D eigenvalue weighted by molar-refractivity contribution is 0.0138. The Morgan fingerprint density at radius 2 is 1.73 bits per heavy atom. The van der Waals surface area contributed by atoms with Gasteiger partial charge in [-0.1, -0.05) is 12.1 Å². The molecule has 1 N–H and O–H groups in total. The molecule has 2 amide bonds. The van der Waals surface area contributed by atoms with Crippen LogP contribution in [0.5, 0.6) is 0 Å². The topological polar surface area (TPSA) is 104 Å². The average Bonchev–Trinajstić information content (AvgIpc) is 3.36. The fraction of sp³-hybridized carbons (Fsp3) is 0.355. The number of hydrogen-bond acceptors (Lipinski definition) is 8. The Morgan fingerprint density at radius 3 is 2.46 bits per heavy atom. The third-order valence-corrected chi connectivity index (χ3v) is 6.71. The number of hydrogen-bond donors (Lipinski definition) is 1. The van der Waals surface area contributed by atoms with Crippen molar-refractivity contribution in [1.82, 2.24) is 19.8 Å². The Bertz CT molecular complexity index is 1550. The molecule has 5 rings (SSSR count). The summed E-state index contributed by atoms with van der Waals surface area (Å²) in [5.41, 5.74) is 4.40. The Balaban J connectivity index is 1.23. The van der Waals surface area contributed by atoms with E-state index in [1.165, 1.54) is 0 Å². The molecule has 0 saturated carbocycles. The van der Waals surface area contributed by atoms with Crippen LogP contribution < -0.4 is 10.2 Å². The number of rotatable bonds is 6. The molecule has 10 nitrogen and oxygen atoms in total. The maximum absolute atomic E-state index is 12.9. The number of oxazole rings is 1. The monoisotopic (exact) mass is 556 g/mol. The van der Waals surface area contributed by atoms with Crippen LogP contribution in [0.15, 0.2) is 65.1 Å². The summed E-state index contributed by atoms with van der Waals surface area (Å²) in [5, 5.41) is 2.96. The molecule has 1 saturated heterocycles. The van der Waals surface area contributed by atoms with Gasteiger partial charge in [-0.3, -0.25) is 9.69 Å². The molecule has 2 aromatic heterocycles. The minimum absolute atomic E-state index is 0.193. The number of ether oxygens (including phenoxy) is 1. The van der Waals surface area contributed by atoms with Gasteiger partial charge < -0.3 is 24.3 Å². The lowest BCUT2D eigenvalue weighted by Gasteiger charge is -2.35. The van der Waals surface area contributed by atoms with E-state index < -0.39 is 5.60 Å². The zero-order chi connectivity index (χ0) is 29.1. The summed E-state index contributed by atoms with van der Waals surface area (Å²) in [4.78, 5) is 40.5. The smallest absolute Gasteiger partial charge is 0.410 e. The summed E-state index contributed by atoms with van der Waals surface area (Å²) in [6.07, 6.45) is -0.269. The number of aromatic nitrogens is 2. The van der Waals surface area contributed by atoms with E-state index in [2.05, 4.69) is 15.2 Å². The van der Waals surface area contributed by atoms with E-state index in [0.29, 0.717) is 48.0 Å². The minimum atomic E-state index is -0.502. The van der Waals surface area contributed by atoms with Crippen LogP contribution in [0.2, 0.25) is 0 Å². The first-order valence-electron chi connectivity index (χ1n) is 13.7. The Morgan fingerprint density at radius 1 is 0.976 bits per heavy atom. The largest absolute Gasteiger partial charge is 0.444 e. The quantitative estimate of drug-likeness (QED) is 0.343. The number of carbonyl (C=O) groups excluding carboxylic acids is 2. The van der Waals surface area contributed by atoms with Crippen molar-refractivity contribution in [3.05, 3.63) is 71.9 Å². The van der Waals surface area contributed by atoms with Crippen LogP contribution in [0.25, 0.3) is 22.7 Å². The summed E-state index contributed by atoms with van der Waals surface area (Å²) >= 11 is 0. The number of amides is 2. The zero-order valence-electron chi connectivity index (χ0n) is 24.2. The molecule has 41 heavy (non-hydrogen) atoms. The molecule has 2 aromatic carbocycles. The average molecular weight is 557 g/mol. The number of pyridine rings is 1. The zero-order valence-corrected chi connectivity index (χ0v) is 24.2. The summed E-state index contributed by atoms with van der Waals surface area (Å²) in [7, 11) is 3.88. The van der Waals surface area contributed by atoms with E-state index in [4.69, 9.17) is 14.1 Å². The highest BCUT2D eigenvalue weighted by atomic mass is 16.6. The van der Waals surface area contributed by atoms with E-state index in [9.17, 15) is 9.59 Å². The molecule has 4 aromatic rings. The standard InChI is InChI=1S/C31H36N6O4/c1-31(2,3)41-30(39)37-16-14-36(15-17-37)20-24-12-13-26-27(32-24)34-29(40-26)22-9-6-10-23(18-22)33-28(38)21-8-7-11-25(19-21)35(4)5/h6-13,18-19H,14-17,20H2,1-5H3,(H,33,38). The molecule has 0 unspecified atom stereocenters. The van der Waals surface area contributed by atoms with Gasteiger partial charge >= 0.3 is 6.09 Å². The van der Waals surface area contributed by atoms with Gasteiger partial charge in [-0.2, -0.15) is 4.98 Å². The van der Waals surface area contributed by atoms with Gasteiger partial charge in [0.2, 0.25) is 5.89 Å². The molecule has 0 atom stereocenters. The van der Waals surface area contributed by atoms with Crippen molar-refractivity contribution in [2.45, 2.75) is 32.9 Å². The van der Waals surface area contributed by atoms with Crippen molar-refractivity contribution in [3.8, 4) is 11.5 Å². The van der Waals surface area contributed by atoms with Crippen molar-refractivity contribution in [1.29, 1.82) is 0 Å². The summed E-state index contributed by atoms with van der Waals surface area (Å²) < 4.78 is 11.5. The Kier molecular flexibility index (Phi) is 7.94. The summed E-state index contributed by atoms with van der Waals surface area (Å²) in [6.45, 7) is 8.97. The number of carbonyl (C=O) groups is 2. The molecule has 0 bridgehead atoms. The highest BCUT2D eigenvalue weighted by Crippen LogP contribution is 2.26. The van der Waals surface area contributed by atoms with Crippen molar-refractivity contribution in [2.75, 3.05) is 50.5 Å².